The van der Waals surface area contributed by atoms with Crippen LogP contribution in [0.15, 0.2) is 59.5 Å². The van der Waals surface area contributed by atoms with Gasteiger partial charge in [-0.2, -0.15) is 16.5 Å². The van der Waals surface area contributed by atoms with E-state index >= 15 is 0 Å². The maximum atomic E-state index is 12.6. The molecule has 2 N–H and O–H groups in total. The number of halogens is 1. The predicted molar refractivity (Wildman–Crippen MR) is 107 cm³/mol. The van der Waals surface area contributed by atoms with Crippen LogP contribution in [0.5, 0.6) is 0 Å². The van der Waals surface area contributed by atoms with Crippen LogP contribution in [-0.4, -0.2) is 32.4 Å². The molecule has 0 saturated carbocycles. The monoisotopic (exact) mass is 412 g/mol. The van der Waals surface area contributed by atoms with Gasteiger partial charge >= 0.3 is 0 Å². The van der Waals surface area contributed by atoms with Crippen molar-refractivity contribution < 1.29 is 13.2 Å². The summed E-state index contributed by atoms with van der Waals surface area (Å²) in [5.74, 6) is 0.278. The Labute approximate surface area is 163 Å². The third kappa shape index (κ3) is 6.02. The van der Waals surface area contributed by atoms with Gasteiger partial charge in [0.15, 0.2) is 0 Å². The summed E-state index contributed by atoms with van der Waals surface area (Å²) >= 11 is 7.64. The van der Waals surface area contributed by atoms with E-state index in [1.54, 1.807) is 36.0 Å². The Bertz CT molecular complexity index is 829. The van der Waals surface area contributed by atoms with Crippen LogP contribution in [0.2, 0.25) is 5.02 Å². The molecule has 0 spiro atoms. The molecule has 0 heterocycles. The average Bonchev–Trinajstić information content (AvgIpc) is 2.65. The first-order valence-corrected chi connectivity index (χ1v) is 11.3. The van der Waals surface area contributed by atoms with Gasteiger partial charge in [0.05, 0.1) is 4.90 Å². The molecule has 8 heteroatoms. The van der Waals surface area contributed by atoms with Gasteiger partial charge in [0.1, 0.15) is 6.04 Å². The maximum Gasteiger partial charge on any atom is 0.241 e. The molecule has 1 atom stereocenters. The van der Waals surface area contributed by atoms with Crippen molar-refractivity contribution in [2.45, 2.75) is 23.9 Å². The first kappa shape index (κ1) is 20.8. The molecule has 0 bridgehead atoms. The smallest absolute Gasteiger partial charge is 0.241 e. The Morgan fingerprint density at radius 3 is 2.42 bits per heavy atom. The molecule has 0 saturated heterocycles. The lowest BCUT2D eigenvalue weighted by atomic mass is 10.2. The number of nitrogens with one attached hydrogen (secondary N) is 2. The highest BCUT2D eigenvalue weighted by Crippen LogP contribution is 2.15. The fourth-order valence-corrected chi connectivity index (χ4v) is 4.21. The first-order chi connectivity index (χ1) is 12.4. The second-order valence-electron chi connectivity index (χ2n) is 5.58. The van der Waals surface area contributed by atoms with Crippen LogP contribution < -0.4 is 10.0 Å². The van der Waals surface area contributed by atoms with Crippen LogP contribution in [0.25, 0.3) is 0 Å². The molecule has 2 aromatic carbocycles. The van der Waals surface area contributed by atoms with E-state index in [1.807, 2.05) is 24.5 Å². The predicted octanol–water partition coefficient (Wildman–Crippen LogP) is 3.06. The standard InChI is InChI=1S/C18H21ClN2O3S2/c1-25-12-11-17(21-26(23,24)15-8-3-2-4-9-15)18(22)20-13-14-7-5-6-10-16(14)19/h2-10,17,21H,11-13H2,1H3,(H,20,22)/t17-/m0/s1. The van der Waals surface area contributed by atoms with Crippen molar-refractivity contribution in [3.8, 4) is 0 Å². The number of benzene rings is 2. The Morgan fingerprint density at radius 2 is 1.77 bits per heavy atom. The number of carbonyl (C=O) groups excluding carboxylic acids is 1. The molecule has 0 aliphatic carbocycles. The van der Waals surface area contributed by atoms with E-state index < -0.39 is 16.1 Å². The first-order valence-electron chi connectivity index (χ1n) is 8.01. The molecule has 0 fully saturated rings. The zero-order valence-corrected chi connectivity index (χ0v) is 16.7. The third-order valence-electron chi connectivity index (χ3n) is 3.69. The fourth-order valence-electron chi connectivity index (χ4n) is 2.28. The number of amides is 1. The van der Waals surface area contributed by atoms with Crippen molar-refractivity contribution >= 4 is 39.3 Å². The summed E-state index contributed by atoms with van der Waals surface area (Å²) in [5.41, 5.74) is 0.775. The minimum Gasteiger partial charge on any atom is -0.351 e. The molecule has 0 aliphatic heterocycles. The summed E-state index contributed by atoms with van der Waals surface area (Å²) in [6.07, 6.45) is 2.30. The molecule has 140 valence electrons. The fraction of sp³-hybridized carbons (Fsp3) is 0.278. The number of hydrogen-bond acceptors (Lipinski definition) is 4. The van der Waals surface area contributed by atoms with Gasteiger partial charge in [-0.3, -0.25) is 4.79 Å². The highest BCUT2D eigenvalue weighted by molar-refractivity contribution is 7.98. The Hall–Kier alpha value is -1.54. The normalized spacial score (nSPS) is 12.5. The molecule has 26 heavy (non-hydrogen) atoms. The van der Waals surface area contributed by atoms with Crippen LogP contribution >= 0.6 is 23.4 Å². The number of rotatable bonds is 9. The number of thioether (sulfide) groups is 1. The lowest BCUT2D eigenvalue weighted by Crippen LogP contribution is -2.46. The average molecular weight is 413 g/mol. The topological polar surface area (TPSA) is 75.3 Å². The third-order valence-corrected chi connectivity index (χ3v) is 6.19. The summed E-state index contributed by atoms with van der Waals surface area (Å²) in [4.78, 5) is 12.7. The van der Waals surface area contributed by atoms with Crippen molar-refractivity contribution in [3.63, 3.8) is 0 Å². The molecule has 2 rings (SSSR count). The maximum absolute atomic E-state index is 12.6. The highest BCUT2D eigenvalue weighted by atomic mass is 35.5. The number of hydrogen-bond donors (Lipinski definition) is 2. The van der Waals surface area contributed by atoms with Crippen molar-refractivity contribution in [3.05, 3.63) is 65.2 Å². The second kappa shape index (κ2) is 9.97. The lowest BCUT2D eigenvalue weighted by Gasteiger charge is -2.18. The minimum atomic E-state index is -3.77. The molecule has 0 unspecified atom stereocenters. The van der Waals surface area contributed by atoms with Gasteiger partial charge in [-0.25, -0.2) is 8.42 Å². The molecular formula is C18H21ClN2O3S2. The van der Waals surface area contributed by atoms with Gasteiger partial charge in [-0.1, -0.05) is 48.0 Å². The summed E-state index contributed by atoms with van der Waals surface area (Å²) in [5, 5.41) is 3.32. The molecule has 0 radical (unpaired) electrons. The van der Waals surface area contributed by atoms with Gasteiger partial charge in [-0.15, -0.1) is 0 Å². The molecule has 2 aromatic rings. The van der Waals surface area contributed by atoms with Gasteiger partial charge in [0, 0.05) is 11.6 Å². The van der Waals surface area contributed by atoms with E-state index in [1.165, 1.54) is 12.1 Å². The van der Waals surface area contributed by atoms with Gasteiger partial charge in [0.25, 0.3) is 0 Å². The minimum absolute atomic E-state index is 0.132. The van der Waals surface area contributed by atoms with Crippen molar-refractivity contribution in [2.24, 2.45) is 0 Å². The van der Waals surface area contributed by atoms with Crippen LogP contribution in [0.4, 0.5) is 0 Å². The van der Waals surface area contributed by atoms with Crippen molar-refractivity contribution in [1.29, 1.82) is 0 Å². The Balaban J connectivity index is 2.08. The molecular weight excluding hydrogens is 392 g/mol. The lowest BCUT2D eigenvalue weighted by molar-refractivity contribution is -0.122. The van der Waals surface area contributed by atoms with Crippen LogP contribution in [-0.2, 0) is 21.4 Å². The number of carbonyl (C=O) groups is 1. The summed E-state index contributed by atoms with van der Waals surface area (Å²) in [7, 11) is -3.77. The Morgan fingerprint density at radius 1 is 1.12 bits per heavy atom. The number of sulfonamides is 1. The van der Waals surface area contributed by atoms with E-state index in [9.17, 15) is 13.2 Å². The van der Waals surface area contributed by atoms with E-state index in [4.69, 9.17) is 11.6 Å². The zero-order valence-electron chi connectivity index (χ0n) is 14.3. The zero-order chi connectivity index (χ0) is 19.0. The second-order valence-corrected chi connectivity index (χ2v) is 8.68. The van der Waals surface area contributed by atoms with E-state index in [2.05, 4.69) is 10.0 Å². The Kier molecular flexibility index (Phi) is 7.96. The molecule has 0 aliphatic rings. The summed E-state index contributed by atoms with van der Waals surface area (Å²) in [6, 6.07) is 14.4. The quantitative estimate of drug-likeness (QED) is 0.663. The largest absolute Gasteiger partial charge is 0.351 e. The van der Waals surface area contributed by atoms with Crippen molar-refractivity contribution in [1.82, 2.24) is 10.0 Å². The molecule has 1 amide bonds. The highest BCUT2D eigenvalue weighted by Gasteiger charge is 2.25. The summed E-state index contributed by atoms with van der Waals surface area (Å²) < 4.78 is 27.5. The SMILES string of the molecule is CSCC[C@H](NS(=O)(=O)c1ccccc1)C(=O)NCc1ccccc1Cl. The van der Waals surface area contributed by atoms with Gasteiger partial charge < -0.3 is 5.32 Å². The van der Waals surface area contributed by atoms with Gasteiger partial charge in [-0.05, 0) is 42.2 Å². The molecule has 5 nitrogen and oxygen atoms in total. The van der Waals surface area contributed by atoms with E-state index in [-0.39, 0.29) is 17.3 Å². The van der Waals surface area contributed by atoms with Crippen LogP contribution in [0.1, 0.15) is 12.0 Å². The van der Waals surface area contributed by atoms with E-state index in [0.717, 1.165) is 5.56 Å². The molecule has 0 aromatic heterocycles. The summed E-state index contributed by atoms with van der Waals surface area (Å²) in [6.45, 7) is 0.237. The van der Waals surface area contributed by atoms with Crippen LogP contribution in [0, 0.1) is 0 Å². The van der Waals surface area contributed by atoms with Gasteiger partial charge in [0.2, 0.25) is 15.9 Å². The van der Waals surface area contributed by atoms with E-state index in [0.29, 0.717) is 17.2 Å². The van der Waals surface area contributed by atoms with Crippen LogP contribution in [0.3, 0.4) is 0 Å². The van der Waals surface area contributed by atoms with Crippen molar-refractivity contribution in [2.75, 3.05) is 12.0 Å².